The molecule has 88 valence electrons. The quantitative estimate of drug-likeness (QED) is 0.754. The highest BCUT2D eigenvalue weighted by molar-refractivity contribution is 5.85. The summed E-state index contributed by atoms with van der Waals surface area (Å²) in [5.41, 5.74) is -0.0477. The second-order valence-corrected chi connectivity index (χ2v) is 3.49. The molecule has 4 nitrogen and oxygen atoms in total. The number of benzene rings is 1. The largest absolute Gasteiger partial charge is 0.496 e. The molecule has 0 radical (unpaired) electrons. The van der Waals surface area contributed by atoms with Crippen molar-refractivity contribution in [1.29, 1.82) is 0 Å². The second-order valence-electron chi connectivity index (χ2n) is 3.49. The Hall–Kier alpha value is -2.17. The Balaban J connectivity index is 2.89. The Kier molecular flexibility index (Phi) is 2.91. The Bertz CT molecular complexity index is 633. The molecule has 5 heteroatoms. The summed E-state index contributed by atoms with van der Waals surface area (Å²) in [7, 11) is 1.43. The van der Waals surface area contributed by atoms with Crippen LogP contribution >= 0.6 is 0 Å². The molecule has 0 saturated heterocycles. The molecule has 0 saturated carbocycles. The van der Waals surface area contributed by atoms with Crippen LogP contribution in [0.3, 0.4) is 0 Å². The van der Waals surface area contributed by atoms with Crippen LogP contribution in [-0.4, -0.2) is 18.0 Å². The van der Waals surface area contributed by atoms with Gasteiger partial charge in [-0.15, -0.1) is 0 Å². The first kappa shape index (κ1) is 11.3. The van der Waals surface area contributed by atoms with Gasteiger partial charge in [0, 0.05) is 11.5 Å². The van der Waals surface area contributed by atoms with E-state index in [1.165, 1.54) is 35.9 Å². The number of nitrogens with zero attached hydrogens (tertiary/aromatic N) is 1. The van der Waals surface area contributed by atoms with E-state index in [-0.39, 0.29) is 6.54 Å². The summed E-state index contributed by atoms with van der Waals surface area (Å²) < 4.78 is 19.4. The minimum absolute atomic E-state index is 0.108. The van der Waals surface area contributed by atoms with Gasteiger partial charge in [-0.05, 0) is 18.2 Å². The van der Waals surface area contributed by atoms with Crippen molar-refractivity contribution in [2.75, 3.05) is 7.11 Å². The van der Waals surface area contributed by atoms with Gasteiger partial charge >= 0.3 is 0 Å². The van der Waals surface area contributed by atoms with E-state index >= 15 is 0 Å². The average molecular weight is 235 g/mol. The maximum Gasteiger partial charge on any atom is 0.255 e. The monoisotopic (exact) mass is 235 g/mol. The van der Waals surface area contributed by atoms with E-state index in [0.29, 0.717) is 22.9 Å². The number of ether oxygens (including phenoxy) is 1. The van der Waals surface area contributed by atoms with Crippen LogP contribution in [-0.2, 0) is 11.3 Å². The Labute approximate surface area is 96.2 Å². The van der Waals surface area contributed by atoms with Gasteiger partial charge in [0.1, 0.15) is 17.9 Å². The first-order valence-corrected chi connectivity index (χ1v) is 4.98. The number of pyridine rings is 1. The van der Waals surface area contributed by atoms with Gasteiger partial charge in [0.25, 0.3) is 5.56 Å². The first-order chi connectivity index (χ1) is 8.17. The van der Waals surface area contributed by atoms with Crippen molar-refractivity contribution in [1.82, 2.24) is 4.57 Å². The zero-order chi connectivity index (χ0) is 12.4. The molecule has 0 aliphatic rings. The number of carbonyl (C=O) groups excluding carboxylic acids is 1. The molecule has 0 aliphatic heterocycles. The molecule has 1 aromatic carbocycles. The lowest BCUT2D eigenvalue weighted by atomic mass is 10.2. The van der Waals surface area contributed by atoms with Crippen LogP contribution in [0, 0.1) is 5.82 Å². The summed E-state index contributed by atoms with van der Waals surface area (Å²) in [6, 6.07) is 5.29. The van der Waals surface area contributed by atoms with Gasteiger partial charge in [-0.3, -0.25) is 4.79 Å². The van der Waals surface area contributed by atoms with Crippen molar-refractivity contribution in [2.24, 2.45) is 0 Å². The highest BCUT2D eigenvalue weighted by Crippen LogP contribution is 2.23. The van der Waals surface area contributed by atoms with Crippen molar-refractivity contribution in [3.05, 3.63) is 40.4 Å². The molecule has 1 aromatic heterocycles. The maximum absolute atomic E-state index is 13.2. The molecule has 0 aliphatic carbocycles. The maximum atomic E-state index is 13.2. The number of methoxy groups -OCH3 is 1. The van der Waals surface area contributed by atoms with Gasteiger partial charge in [0.05, 0.1) is 19.2 Å². The molecule has 0 N–H and O–H groups in total. The number of halogens is 1. The van der Waals surface area contributed by atoms with E-state index in [1.54, 1.807) is 0 Å². The van der Waals surface area contributed by atoms with Gasteiger partial charge < -0.3 is 14.1 Å². The fourth-order valence-electron chi connectivity index (χ4n) is 1.75. The van der Waals surface area contributed by atoms with Gasteiger partial charge in [-0.2, -0.15) is 0 Å². The van der Waals surface area contributed by atoms with E-state index in [0.717, 1.165) is 0 Å². The highest BCUT2D eigenvalue weighted by Gasteiger charge is 2.09. The SMILES string of the molecule is COc1cc(=O)n(CC=O)c2cc(F)ccc12. The number of rotatable bonds is 3. The number of aldehydes is 1. The normalized spacial score (nSPS) is 10.5. The van der Waals surface area contributed by atoms with Gasteiger partial charge in [0.15, 0.2) is 0 Å². The zero-order valence-electron chi connectivity index (χ0n) is 9.14. The molecular formula is C12H10FNO3. The van der Waals surface area contributed by atoms with Gasteiger partial charge in [-0.25, -0.2) is 4.39 Å². The first-order valence-electron chi connectivity index (χ1n) is 4.98. The number of aromatic nitrogens is 1. The molecule has 0 spiro atoms. The number of hydrogen-bond acceptors (Lipinski definition) is 3. The molecule has 2 rings (SSSR count). The van der Waals surface area contributed by atoms with Crippen LogP contribution in [0.15, 0.2) is 29.1 Å². The van der Waals surface area contributed by atoms with Crippen molar-refractivity contribution >= 4 is 17.2 Å². The van der Waals surface area contributed by atoms with Crippen LogP contribution < -0.4 is 10.3 Å². The van der Waals surface area contributed by atoms with E-state index in [9.17, 15) is 14.0 Å². The van der Waals surface area contributed by atoms with E-state index in [1.807, 2.05) is 0 Å². The van der Waals surface area contributed by atoms with Crippen LogP contribution in [0.2, 0.25) is 0 Å². The summed E-state index contributed by atoms with van der Waals surface area (Å²) in [6.07, 6.45) is 0.595. The van der Waals surface area contributed by atoms with Gasteiger partial charge in [0.2, 0.25) is 0 Å². The van der Waals surface area contributed by atoms with Crippen LogP contribution in [0.25, 0.3) is 10.9 Å². The molecule has 0 atom stereocenters. The highest BCUT2D eigenvalue weighted by atomic mass is 19.1. The lowest BCUT2D eigenvalue weighted by Crippen LogP contribution is -2.20. The molecular weight excluding hydrogens is 225 g/mol. The predicted octanol–water partition coefficient (Wildman–Crippen LogP) is 1.35. The lowest BCUT2D eigenvalue weighted by Gasteiger charge is -2.10. The summed E-state index contributed by atoms with van der Waals surface area (Å²) >= 11 is 0. The average Bonchev–Trinajstić information content (AvgIpc) is 2.32. The fourth-order valence-corrected chi connectivity index (χ4v) is 1.75. The Morgan fingerprint density at radius 2 is 2.18 bits per heavy atom. The Morgan fingerprint density at radius 1 is 1.41 bits per heavy atom. The number of hydrogen-bond donors (Lipinski definition) is 0. The molecule has 0 fully saturated rings. The van der Waals surface area contributed by atoms with Crippen molar-refractivity contribution in [2.45, 2.75) is 6.54 Å². The molecule has 0 amide bonds. The van der Waals surface area contributed by atoms with Crippen LogP contribution in [0.4, 0.5) is 4.39 Å². The minimum atomic E-state index is -0.468. The van der Waals surface area contributed by atoms with Crippen LogP contribution in [0.5, 0.6) is 5.75 Å². The van der Waals surface area contributed by atoms with Crippen molar-refractivity contribution in [3.63, 3.8) is 0 Å². The fraction of sp³-hybridized carbons (Fsp3) is 0.167. The zero-order valence-corrected chi connectivity index (χ0v) is 9.14. The van der Waals surface area contributed by atoms with Gasteiger partial charge in [-0.1, -0.05) is 0 Å². The second kappa shape index (κ2) is 4.37. The molecule has 0 bridgehead atoms. The third-order valence-corrected chi connectivity index (χ3v) is 2.51. The standard InChI is InChI=1S/C12H10FNO3/c1-17-11-7-12(16)14(4-5-15)10-6-8(13)2-3-9(10)11/h2-3,5-7H,4H2,1H3. The number of fused-ring (bicyclic) bond motifs is 1. The summed E-state index contributed by atoms with van der Waals surface area (Å²) in [4.78, 5) is 22.2. The van der Waals surface area contributed by atoms with E-state index < -0.39 is 11.4 Å². The van der Waals surface area contributed by atoms with Crippen molar-refractivity contribution < 1.29 is 13.9 Å². The van der Waals surface area contributed by atoms with Crippen LogP contribution in [0.1, 0.15) is 0 Å². The lowest BCUT2D eigenvalue weighted by molar-refractivity contribution is -0.108. The number of carbonyl (C=O) groups is 1. The molecule has 17 heavy (non-hydrogen) atoms. The van der Waals surface area contributed by atoms with E-state index in [2.05, 4.69) is 0 Å². The third kappa shape index (κ3) is 1.91. The predicted molar refractivity (Wildman–Crippen MR) is 60.8 cm³/mol. The summed E-state index contributed by atoms with van der Waals surface area (Å²) in [6.45, 7) is -0.108. The molecule has 1 heterocycles. The third-order valence-electron chi connectivity index (χ3n) is 2.51. The topological polar surface area (TPSA) is 48.3 Å². The molecule has 2 aromatic rings. The summed E-state index contributed by atoms with van der Waals surface area (Å²) in [5, 5.41) is 0.593. The van der Waals surface area contributed by atoms with E-state index in [4.69, 9.17) is 4.74 Å². The smallest absolute Gasteiger partial charge is 0.255 e. The Morgan fingerprint density at radius 3 is 2.82 bits per heavy atom. The summed E-state index contributed by atoms with van der Waals surface area (Å²) in [5.74, 6) is -0.100. The van der Waals surface area contributed by atoms with Crippen molar-refractivity contribution in [3.8, 4) is 5.75 Å². The molecule has 0 unspecified atom stereocenters. The minimum Gasteiger partial charge on any atom is -0.496 e.